The second-order valence-corrected chi connectivity index (χ2v) is 7.61. The van der Waals surface area contributed by atoms with Crippen molar-refractivity contribution in [1.82, 2.24) is 0 Å². The van der Waals surface area contributed by atoms with Crippen molar-refractivity contribution in [3.63, 3.8) is 0 Å². The van der Waals surface area contributed by atoms with E-state index in [1.54, 1.807) is 0 Å². The van der Waals surface area contributed by atoms with Gasteiger partial charge in [-0.1, -0.05) is 0 Å². The van der Waals surface area contributed by atoms with Crippen LogP contribution >= 0.6 is 43.2 Å². The molecule has 0 aliphatic carbocycles. The van der Waals surface area contributed by atoms with Gasteiger partial charge >= 0.3 is 0 Å². The fourth-order valence-electron chi connectivity index (χ4n) is 2.10. The van der Waals surface area contributed by atoms with Gasteiger partial charge in [0.25, 0.3) is 11.7 Å². The summed E-state index contributed by atoms with van der Waals surface area (Å²) in [6.07, 6.45) is 0. The zero-order valence-corrected chi connectivity index (χ0v) is 13.8. The number of hydrogen-bond donors (Lipinski definition) is 0. The van der Waals surface area contributed by atoms with Crippen LogP contribution in [0.4, 0.5) is 10.1 Å². The van der Waals surface area contributed by atoms with E-state index in [1.807, 2.05) is 12.1 Å². The predicted molar refractivity (Wildman–Crippen MR) is 81.6 cm³/mol. The van der Waals surface area contributed by atoms with Crippen molar-refractivity contribution in [2.24, 2.45) is 0 Å². The van der Waals surface area contributed by atoms with Crippen LogP contribution in [0.2, 0.25) is 0 Å². The van der Waals surface area contributed by atoms with Crippen LogP contribution < -0.4 is 4.90 Å². The van der Waals surface area contributed by atoms with Gasteiger partial charge in [0.05, 0.1) is 21.6 Å². The molecule has 1 aromatic carbocycles. The summed E-state index contributed by atoms with van der Waals surface area (Å²) in [6.45, 7) is 0.290. The molecule has 0 atom stereocenters. The van der Waals surface area contributed by atoms with Crippen LogP contribution in [0, 0.1) is 5.82 Å². The third kappa shape index (κ3) is 2.23. The molecule has 1 amide bonds. The minimum Gasteiger partial charge on any atom is -0.298 e. The average Bonchev–Trinajstić information content (AvgIpc) is 2.88. The molecular formula is C13H6Br2FNO2S. The molecule has 1 aliphatic rings. The normalized spacial score (nSPS) is 14.1. The Labute approximate surface area is 134 Å². The van der Waals surface area contributed by atoms with E-state index in [-0.39, 0.29) is 12.1 Å². The lowest BCUT2D eigenvalue weighted by atomic mass is 10.1. The molecule has 2 aromatic rings. The van der Waals surface area contributed by atoms with Crippen molar-refractivity contribution in [1.29, 1.82) is 0 Å². The number of amides is 1. The topological polar surface area (TPSA) is 37.4 Å². The van der Waals surface area contributed by atoms with Crippen LogP contribution in [0.5, 0.6) is 0 Å². The van der Waals surface area contributed by atoms with Crippen molar-refractivity contribution < 1.29 is 14.0 Å². The summed E-state index contributed by atoms with van der Waals surface area (Å²) in [4.78, 5) is 26.3. The molecule has 1 aromatic heterocycles. The van der Waals surface area contributed by atoms with E-state index in [1.165, 1.54) is 22.3 Å². The lowest BCUT2D eigenvalue weighted by Gasteiger charge is -2.16. The third-order valence-electron chi connectivity index (χ3n) is 2.92. The molecule has 0 saturated carbocycles. The number of fused-ring (bicyclic) bond motifs is 1. The molecule has 0 fully saturated rings. The maximum atomic E-state index is 13.4. The first-order valence-electron chi connectivity index (χ1n) is 5.57. The number of nitrogens with zero attached hydrogens (tertiary/aromatic N) is 1. The number of rotatable bonds is 2. The second-order valence-electron chi connectivity index (χ2n) is 4.21. The molecule has 0 radical (unpaired) electrons. The van der Waals surface area contributed by atoms with E-state index in [0.717, 1.165) is 14.7 Å². The maximum Gasteiger partial charge on any atom is 0.299 e. The van der Waals surface area contributed by atoms with Gasteiger partial charge in [0.15, 0.2) is 0 Å². The Kier molecular flexibility index (Phi) is 3.51. The Morgan fingerprint density at radius 1 is 1.20 bits per heavy atom. The highest BCUT2D eigenvalue weighted by Crippen LogP contribution is 2.38. The van der Waals surface area contributed by atoms with Crippen LogP contribution in [0.3, 0.4) is 0 Å². The van der Waals surface area contributed by atoms with Gasteiger partial charge in [0.1, 0.15) is 5.82 Å². The number of thiophene rings is 1. The predicted octanol–water partition coefficient (Wildman–Crippen LogP) is 4.14. The Morgan fingerprint density at radius 3 is 2.60 bits per heavy atom. The number of halogens is 3. The molecule has 0 unspecified atom stereocenters. The highest BCUT2D eigenvalue weighted by atomic mass is 79.9. The molecule has 3 nitrogen and oxygen atoms in total. The zero-order chi connectivity index (χ0) is 14.4. The molecule has 0 N–H and O–H groups in total. The summed E-state index contributed by atoms with van der Waals surface area (Å²) in [6, 6.07) is 6.11. The van der Waals surface area contributed by atoms with E-state index in [2.05, 4.69) is 31.9 Å². The molecule has 0 spiro atoms. The molecule has 102 valence electrons. The summed E-state index contributed by atoms with van der Waals surface area (Å²) in [5.41, 5.74) is 0.545. The van der Waals surface area contributed by atoms with Crippen LogP contribution in [0.15, 0.2) is 32.5 Å². The van der Waals surface area contributed by atoms with Crippen LogP contribution in [0.25, 0.3) is 0 Å². The smallest absolute Gasteiger partial charge is 0.298 e. The van der Waals surface area contributed by atoms with Gasteiger partial charge in [-0.3, -0.25) is 14.5 Å². The first-order chi connectivity index (χ1) is 9.47. The highest BCUT2D eigenvalue weighted by molar-refractivity contribution is 9.11. The monoisotopic (exact) mass is 417 g/mol. The van der Waals surface area contributed by atoms with Gasteiger partial charge < -0.3 is 0 Å². The van der Waals surface area contributed by atoms with Gasteiger partial charge in [-0.15, -0.1) is 11.3 Å². The first-order valence-corrected chi connectivity index (χ1v) is 7.97. The minimum atomic E-state index is -0.671. The van der Waals surface area contributed by atoms with Crippen LogP contribution in [-0.4, -0.2) is 11.7 Å². The van der Waals surface area contributed by atoms with Gasteiger partial charge in [0, 0.05) is 9.35 Å². The minimum absolute atomic E-state index is 0.109. The van der Waals surface area contributed by atoms with E-state index >= 15 is 0 Å². The van der Waals surface area contributed by atoms with Crippen molar-refractivity contribution in [2.45, 2.75) is 6.54 Å². The highest BCUT2D eigenvalue weighted by Gasteiger charge is 2.38. The van der Waals surface area contributed by atoms with Crippen LogP contribution in [0.1, 0.15) is 15.2 Å². The maximum absolute atomic E-state index is 13.4. The van der Waals surface area contributed by atoms with Crippen molar-refractivity contribution in [3.8, 4) is 0 Å². The van der Waals surface area contributed by atoms with E-state index < -0.39 is 17.5 Å². The summed E-state index contributed by atoms with van der Waals surface area (Å²) in [7, 11) is 0. The summed E-state index contributed by atoms with van der Waals surface area (Å²) in [5, 5.41) is 0. The molecule has 0 saturated heterocycles. The van der Waals surface area contributed by atoms with Gasteiger partial charge in [-0.2, -0.15) is 0 Å². The number of Topliss-reactive ketones (excluding diaryl/α,β-unsaturated/α-hetero) is 1. The Balaban J connectivity index is 2.06. The first kappa shape index (κ1) is 13.9. The molecule has 1 aliphatic heterocycles. The van der Waals surface area contributed by atoms with E-state index in [0.29, 0.717) is 10.2 Å². The van der Waals surface area contributed by atoms with E-state index in [9.17, 15) is 14.0 Å². The fraction of sp³-hybridized carbons (Fsp3) is 0.0769. The van der Waals surface area contributed by atoms with Gasteiger partial charge in [-0.05, 0) is 56.1 Å². The summed E-state index contributed by atoms with van der Waals surface area (Å²) >= 11 is 8.06. The Hall–Kier alpha value is -1.05. The molecule has 3 rings (SSSR count). The van der Waals surface area contributed by atoms with Crippen molar-refractivity contribution in [3.05, 3.63) is 48.8 Å². The molecule has 7 heteroatoms. The lowest BCUT2D eigenvalue weighted by molar-refractivity contribution is -0.114. The quantitative estimate of drug-likeness (QED) is 0.687. The number of ketones is 1. The number of hydrogen-bond acceptors (Lipinski definition) is 3. The van der Waals surface area contributed by atoms with Crippen molar-refractivity contribution in [2.75, 3.05) is 4.90 Å². The van der Waals surface area contributed by atoms with E-state index in [4.69, 9.17) is 0 Å². The lowest BCUT2D eigenvalue weighted by Crippen LogP contribution is -2.28. The number of carbonyl (C=O) groups excluding carboxylic acids is 2. The Morgan fingerprint density at radius 2 is 1.95 bits per heavy atom. The second kappa shape index (κ2) is 5.05. The fourth-order valence-corrected chi connectivity index (χ4v) is 4.21. The number of benzene rings is 1. The standard InChI is InChI=1S/C13H6Br2FNO2S/c14-9-4-6(16)3-8-11(9)17(13(19)12(8)18)5-7-1-2-10(15)20-7/h1-4H,5H2. The zero-order valence-electron chi connectivity index (χ0n) is 9.82. The van der Waals surface area contributed by atoms with Crippen LogP contribution in [-0.2, 0) is 11.3 Å². The Bertz CT molecular complexity index is 744. The third-order valence-corrected chi connectivity index (χ3v) is 5.14. The van der Waals surface area contributed by atoms with Crippen molar-refractivity contribution >= 4 is 60.6 Å². The summed E-state index contributed by atoms with van der Waals surface area (Å²) in [5.74, 6) is -1.84. The molecule has 2 heterocycles. The molecular weight excluding hydrogens is 413 g/mol. The summed E-state index contributed by atoms with van der Waals surface area (Å²) < 4.78 is 14.7. The molecule has 0 bridgehead atoms. The van der Waals surface area contributed by atoms with Gasteiger partial charge in [-0.25, -0.2) is 4.39 Å². The molecule has 20 heavy (non-hydrogen) atoms. The SMILES string of the molecule is O=C1C(=O)N(Cc2ccc(Br)s2)c2c(Br)cc(F)cc21. The largest absolute Gasteiger partial charge is 0.299 e. The number of carbonyl (C=O) groups is 2. The average molecular weight is 419 g/mol. The van der Waals surface area contributed by atoms with Gasteiger partial charge in [0.2, 0.25) is 0 Å². The number of anilines is 1.